The molecule has 0 aliphatic carbocycles. The number of aliphatic carboxylic acids is 1. The maximum absolute atomic E-state index is 13.0. The lowest BCUT2D eigenvalue weighted by Crippen LogP contribution is -2.49. The fourth-order valence-electron chi connectivity index (χ4n) is 3.88. The van der Waals surface area contributed by atoms with Gasteiger partial charge in [0.2, 0.25) is 11.8 Å². The lowest BCUT2D eigenvalue weighted by atomic mass is 10.0. The number of ether oxygens (including phenoxy) is 1. The number of amides is 2. The molecule has 1 heterocycles. The monoisotopic (exact) mass is 514 g/mol. The highest BCUT2D eigenvalue weighted by Crippen LogP contribution is 2.29. The minimum absolute atomic E-state index is 0.0860. The SMILES string of the molecule is COc1ccc2c(C)c(CC(=O)NC(Cc3ccc(Cl)cc3)C(=O)NCCC(=O)O)c(=O)oc2c1C. The second-order valence-electron chi connectivity index (χ2n) is 8.32. The number of halogens is 1. The Hall–Kier alpha value is -3.85. The number of benzene rings is 2. The molecule has 9 nitrogen and oxygen atoms in total. The zero-order valence-corrected chi connectivity index (χ0v) is 20.9. The summed E-state index contributed by atoms with van der Waals surface area (Å²) in [6, 6.07) is 9.32. The van der Waals surface area contributed by atoms with E-state index in [9.17, 15) is 19.2 Å². The molecule has 190 valence electrons. The van der Waals surface area contributed by atoms with Crippen molar-refractivity contribution < 1.29 is 28.6 Å². The van der Waals surface area contributed by atoms with E-state index in [0.29, 0.717) is 32.9 Å². The third-order valence-electron chi connectivity index (χ3n) is 5.85. The van der Waals surface area contributed by atoms with Crippen molar-refractivity contribution in [2.24, 2.45) is 0 Å². The number of aryl methyl sites for hydroxylation is 2. The first-order chi connectivity index (χ1) is 17.1. The molecule has 2 aromatic carbocycles. The Kier molecular flexibility index (Phi) is 8.71. The van der Waals surface area contributed by atoms with Gasteiger partial charge in [-0.2, -0.15) is 0 Å². The molecule has 3 aromatic rings. The first-order valence-electron chi connectivity index (χ1n) is 11.2. The van der Waals surface area contributed by atoms with Gasteiger partial charge in [0, 0.05) is 28.9 Å². The van der Waals surface area contributed by atoms with Gasteiger partial charge in [-0.3, -0.25) is 14.4 Å². The molecule has 0 aliphatic rings. The molecule has 36 heavy (non-hydrogen) atoms. The third kappa shape index (κ3) is 6.42. The average molecular weight is 515 g/mol. The standard InChI is InChI=1S/C26H27ClN2O7/c1-14-18-8-9-21(35-3)15(2)24(18)36-26(34)19(14)13-22(30)29-20(25(33)28-11-10-23(31)32)12-16-4-6-17(27)7-5-16/h4-9,20H,10-13H2,1-3H3,(H,28,33)(H,29,30)(H,31,32). The first-order valence-corrected chi connectivity index (χ1v) is 11.6. The van der Waals surface area contributed by atoms with Crippen LogP contribution in [0, 0.1) is 13.8 Å². The van der Waals surface area contributed by atoms with E-state index in [4.69, 9.17) is 25.9 Å². The van der Waals surface area contributed by atoms with E-state index >= 15 is 0 Å². The van der Waals surface area contributed by atoms with Crippen LogP contribution in [-0.2, 0) is 27.2 Å². The Balaban J connectivity index is 1.83. The highest BCUT2D eigenvalue weighted by molar-refractivity contribution is 6.30. The summed E-state index contributed by atoms with van der Waals surface area (Å²) in [4.78, 5) is 49.3. The van der Waals surface area contributed by atoms with Crippen LogP contribution in [0.3, 0.4) is 0 Å². The highest BCUT2D eigenvalue weighted by atomic mass is 35.5. The summed E-state index contributed by atoms with van der Waals surface area (Å²) in [7, 11) is 1.52. The van der Waals surface area contributed by atoms with Crippen molar-refractivity contribution in [3.05, 3.63) is 74.1 Å². The lowest BCUT2D eigenvalue weighted by molar-refractivity contribution is -0.137. The fourth-order valence-corrected chi connectivity index (χ4v) is 4.01. The Bertz CT molecular complexity index is 1350. The molecule has 0 spiro atoms. The maximum atomic E-state index is 13.0. The molecule has 10 heteroatoms. The van der Waals surface area contributed by atoms with Crippen LogP contribution in [0.2, 0.25) is 5.02 Å². The van der Waals surface area contributed by atoms with E-state index in [2.05, 4.69) is 10.6 Å². The average Bonchev–Trinajstić information content (AvgIpc) is 2.83. The Labute approximate surface area is 212 Å². The van der Waals surface area contributed by atoms with Gasteiger partial charge in [0.25, 0.3) is 0 Å². The predicted molar refractivity (Wildman–Crippen MR) is 135 cm³/mol. The van der Waals surface area contributed by atoms with Crippen molar-refractivity contribution in [1.29, 1.82) is 0 Å². The van der Waals surface area contributed by atoms with Gasteiger partial charge in [-0.15, -0.1) is 0 Å². The quantitative estimate of drug-likeness (QED) is 0.354. The van der Waals surface area contributed by atoms with E-state index in [0.717, 1.165) is 5.56 Å². The summed E-state index contributed by atoms with van der Waals surface area (Å²) >= 11 is 5.93. The van der Waals surface area contributed by atoms with Crippen LogP contribution in [0.1, 0.15) is 28.7 Å². The van der Waals surface area contributed by atoms with Crippen molar-refractivity contribution >= 4 is 40.4 Å². The van der Waals surface area contributed by atoms with Crippen molar-refractivity contribution in [3.63, 3.8) is 0 Å². The summed E-state index contributed by atoms with van der Waals surface area (Å²) in [6.45, 7) is 3.43. The molecule has 1 unspecified atom stereocenters. The number of carbonyl (C=O) groups excluding carboxylic acids is 2. The van der Waals surface area contributed by atoms with Crippen LogP contribution in [-0.4, -0.2) is 42.6 Å². The van der Waals surface area contributed by atoms with E-state index in [1.807, 2.05) is 0 Å². The zero-order chi connectivity index (χ0) is 26.4. The van der Waals surface area contributed by atoms with Gasteiger partial charge in [0.05, 0.1) is 25.5 Å². The fraction of sp³-hybridized carbons (Fsp3) is 0.308. The van der Waals surface area contributed by atoms with Gasteiger partial charge in [-0.25, -0.2) is 4.79 Å². The summed E-state index contributed by atoms with van der Waals surface area (Å²) in [5.74, 6) is -1.57. The summed E-state index contributed by atoms with van der Waals surface area (Å²) in [5, 5.41) is 15.2. The first kappa shape index (κ1) is 26.7. The van der Waals surface area contributed by atoms with Gasteiger partial charge < -0.3 is 24.9 Å². The summed E-state index contributed by atoms with van der Waals surface area (Å²) in [5.41, 5.74) is 1.94. The normalized spacial score (nSPS) is 11.7. The minimum Gasteiger partial charge on any atom is -0.496 e. The number of methoxy groups -OCH3 is 1. The highest BCUT2D eigenvalue weighted by Gasteiger charge is 2.23. The Morgan fingerprint density at radius 1 is 1.08 bits per heavy atom. The van der Waals surface area contributed by atoms with Crippen LogP contribution < -0.4 is 21.0 Å². The molecule has 0 saturated carbocycles. The van der Waals surface area contributed by atoms with E-state index < -0.39 is 29.5 Å². The number of rotatable bonds is 10. The molecule has 0 aliphatic heterocycles. The van der Waals surface area contributed by atoms with Crippen LogP contribution in [0.5, 0.6) is 5.75 Å². The van der Waals surface area contributed by atoms with Gasteiger partial charge in [-0.1, -0.05) is 23.7 Å². The Morgan fingerprint density at radius 3 is 2.42 bits per heavy atom. The largest absolute Gasteiger partial charge is 0.496 e. The number of carbonyl (C=O) groups is 3. The number of nitrogens with one attached hydrogen (secondary N) is 2. The van der Waals surface area contributed by atoms with Crippen LogP contribution in [0.25, 0.3) is 11.0 Å². The molecule has 3 rings (SSSR count). The van der Waals surface area contributed by atoms with Crippen molar-refractivity contribution in [3.8, 4) is 5.75 Å². The number of fused-ring (bicyclic) bond motifs is 1. The molecule has 0 bridgehead atoms. The van der Waals surface area contributed by atoms with Crippen molar-refractivity contribution in [2.45, 2.75) is 39.2 Å². The van der Waals surface area contributed by atoms with Crippen LogP contribution >= 0.6 is 11.6 Å². The molecule has 0 saturated heterocycles. The van der Waals surface area contributed by atoms with E-state index in [1.165, 1.54) is 7.11 Å². The van der Waals surface area contributed by atoms with Crippen LogP contribution in [0.4, 0.5) is 0 Å². The summed E-state index contributed by atoms with van der Waals surface area (Å²) < 4.78 is 10.8. The van der Waals surface area contributed by atoms with E-state index in [1.54, 1.807) is 50.2 Å². The molecule has 1 aromatic heterocycles. The minimum atomic E-state index is -1.06. The molecule has 1 atom stereocenters. The van der Waals surface area contributed by atoms with Crippen molar-refractivity contribution in [1.82, 2.24) is 10.6 Å². The number of hydrogen-bond acceptors (Lipinski definition) is 6. The smallest absolute Gasteiger partial charge is 0.340 e. The Morgan fingerprint density at radius 2 is 1.78 bits per heavy atom. The van der Waals surface area contributed by atoms with Crippen LogP contribution in [0.15, 0.2) is 45.6 Å². The number of carboxylic acid groups (broad SMARTS) is 1. The van der Waals surface area contributed by atoms with Gasteiger partial charge in [0.15, 0.2) is 0 Å². The van der Waals surface area contributed by atoms with Gasteiger partial charge in [-0.05, 0) is 49.2 Å². The summed E-state index contributed by atoms with van der Waals surface area (Å²) in [6.07, 6.45) is -0.407. The zero-order valence-electron chi connectivity index (χ0n) is 20.1. The maximum Gasteiger partial charge on any atom is 0.340 e. The number of hydrogen-bond donors (Lipinski definition) is 3. The second-order valence-corrected chi connectivity index (χ2v) is 8.76. The third-order valence-corrected chi connectivity index (χ3v) is 6.11. The molecule has 0 radical (unpaired) electrons. The molecule has 2 amide bonds. The van der Waals surface area contributed by atoms with Gasteiger partial charge >= 0.3 is 11.6 Å². The van der Waals surface area contributed by atoms with Crippen molar-refractivity contribution in [2.75, 3.05) is 13.7 Å². The molecular weight excluding hydrogens is 488 g/mol. The van der Waals surface area contributed by atoms with Gasteiger partial charge in [0.1, 0.15) is 17.4 Å². The lowest BCUT2D eigenvalue weighted by Gasteiger charge is -2.19. The molecule has 3 N–H and O–H groups in total. The molecular formula is C26H27ClN2O7. The molecule has 0 fully saturated rings. The predicted octanol–water partition coefficient (Wildman–Crippen LogP) is 2.93. The van der Waals surface area contributed by atoms with E-state index in [-0.39, 0.29) is 31.4 Å². The topological polar surface area (TPSA) is 135 Å². The number of carboxylic acids is 1. The second kappa shape index (κ2) is 11.7.